The van der Waals surface area contributed by atoms with Gasteiger partial charge >= 0.3 is 0 Å². The molecular formula is C15H27N5O. The van der Waals surface area contributed by atoms with Gasteiger partial charge in [0.1, 0.15) is 0 Å². The molecule has 118 valence electrons. The van der Waals surface area contributed by atoms with E-state index in [0.29, 0.717) is 12.5 Å². The van der Waals surface area contributed by atoms with Gasteiger partial charge < -0.3 is 15.5 Å². The maximum Gasteiger partial charge on any atom is 0.225 e. The van der Waals surface area contributed by atoms with Gasteiger partial charge in [0.05, 0.1) is 5.92 Å². The van der Waals surface area contributed by atoms with E-state index in [1.165, 1.54) is 0 Å². The molecule has 0 aliphatic rings. The molecule has 1 aromatic rings. The Balaban J connectivity index is 2.59. The molecule has 2 N–H and O–H groups in total. The molecule has 0 aromatic carbocycles. The summed E-state index contributed by atoms with van der Waals surface area (Å²) < 4.78 is 0. The van der Waals surface area contributed by atoms with Crippen molar-refractivity contribution >= 4 is 11.9 Å². The summed E-state index contributed by atoms with van der Waals surface area (Å²) >= 11 is 0. The second-order valence-corrected chi connectivity index (χ2v) is 6.39. The van der Waals surface area contributed by atoms with Crippen LogP contribution >= 0.6 is 0 Å². The Labute approximate surface area is 127 Å². The number of nitrogens with one attached hydrogen (secondary N) is 2. The Morgan fingerprint density at radius 2 is 1.90 bits per heavy atom. The quantitative estimate of drug-likeness (QED) is 0.824. The van der Waals surface area contributed by atoms with Crippen molar-refractivity contribution in [1.82, 2.24) is 20.6 Å². The highest BCUT2D eigenvalue weighted by molar-refractivity contribution is 5.78. The van der Waals surface area contributed by atoms with Crippen LogP contribution in [0.15, 0.2) is 12.4 Å². The van der Waals surface area contributed by atoms with E-state index < -0.39 is 0 Å². The zero-order valence-electron chi connectivity index (χ0n) is 13.9. The van der Waals surface area contributed by atoms with Gasteiger partial charge in [-0.25, -0.2) is 9.97 Å². The lowest BCUT2D eigenvalue weighted by Gasteiger charge is -2.22. The molecule has 0 radical (unpaired) electrons. The third kappa shape index (κ3) is 6.08. The number of anilines is 1. The summed E-state index contributed by atoms with van der Waals surface area (Å²) in [6.45, 7) is 9.57. The van der Waals surface area contributed by atoms with Crippen molar-refractivity contribution < 1.29 is 4.79 Å². The molecule has 6 nitrogen and oxygen atoms in total. The average Bonchev–Trinajstić information content (AvgIpc) is 2.43. The highest BCUT2D eigenvalue weighted by atomic mass is 16.1. The molecule has 6 heteroatoms. The number of amides is 1. The maximum atomic E-state index is 11.5. The topological polar surface area (TPSA) is 70.2 Å². The van der Waals surface area contributed by atoms with E-state index in [4.69, 9.17) is 0 Å². The van der Waals surface area contributed by atoms with Crippen molar-refractivity contribution in [2.45, 2.75) is 39.8 Å². The standard InChI is InChI=1S/C15H27N5O/c1-11(13(21)16-5)10-20(6)14-17-7-12(8-18-14)9-19-15(2,3)4/h7-8,11,19H,9-10H2,1-6H3,(H,16,21). The first kappa shape index (κ1) is 17.4. The zero-order chi connectivity index (χ0) is 16.0. The Morgan fingerprint density at radius 3 is 2.38 bits per heavy atom. The van der Waals surface area contributed by atoms with Gasteiger partial charge in [0.25, 0.3) is 0 Å². The van der Waals surface area contributed by atoms with E-state index in [9.17, 15) is 4.79 Å². The molecule has 0 fully saturated rings. The lowest BCUT2D eigenvalue weighted by molar-refractivity contribution is -0.123. The van der Waals surface area contributed by atoms with E-state index in [1.807, 2.05) is 31.3 Å². The van der Waals surface area contributed by atoms with Gasteiger partial charge in [-0.3, -0.25) is 4.79 Å². The Morgan fingerprint density at radius 1 is 1.33 bits per heavy atom. The molecule has 1 aromatic heterocycles. The third-order valence-electron chi connectivity index (χ3n) is 3.10. The summed E-state index contributed by atoms with van der Waals surface area (Å²) in [5.41, 5.74) is 1.11. The summed E-state index contributed by atoms with van der Waals surface area (Å²) in [6, 6.07) is 0. The highest BCUT2D eigenvalue weighted by Crippen LogP contribution is 2.09. The number of hydrogen-bond donors (Lipinski definition) is 2. The fraction of sp³-hybridized carbons (Fsp3) is 0.667. The van der Waals surface area contributed by atoms with Gasteiger partial charge in [-0.05, 0) is 20.8 Å². The molecule has 21 heavy (non-hydrogen) atoms. The lowest BCUT2D eigenvalue weighted by Crippen LogP contribution is -2.35. The van der Waals surface area contributed by atoms with Crippen molar-refractivity contribution in [3.8, 4) is 0 Å². The first-order valence-electron chi connectivity index (χ1n) is 7.21. The van der Waals surface area contributed by atoms with Crippen LogP contribution in [-0.2, 0) is 11.3 Å². The second-order valence-electron chi connectivity index (χ2n) is 6.39. The summed E-state index contributed by atoms with van der Waals surface area (Å²) in [5, 5.41) is 6.04. The number of hydrogen-bond acceptors (Lipinski definition) is 5. The van der Waals surface area contributed by atoms with Crippen molar-refractivity contribution in [2.24, 2.45) is 5.92 Å². The first-order valence-corrected chi connectivity index (χ1v) is 7.21. The Bertz CT molecular complexity index is 452. The number of nitrogens with zero attached hydrogens (tertiary/aromatic N) is 3. The van der Waals surface area contributed by atoms with Gasteiger partial charge in [-0.15, -0.1) is 0 Å². The average molecular weight is 293 g/mol. The fourth-order valence-electron chi connectivity index (χ4n) is 1.83. The van der Waals surface area contributed by atoms with E-state index in [0.717, 1.165) is 12.1 Å². The van der Waals surface area contributed by atoms with Crippen LogP contribution in [0.5, 0.6) is 0 Å². The van der Waals surface area contributed by atoms with Crippen LogP contribution in [0, 0.1) is 5.92 Å². The van der Waals surface area contributed by atoms with Crippen LogP contribution in [0.25, 0.3) is 0 Å². The smallest absolute Gasteiger partial charge is 0.225 e. The van der Waals surface area contributed by atoms with Crippen LogP contribution in [0.3, 0.4) is 0 Å². The maximum absolute atomic E-state index is 11.5. The van der Waals surface area contributed by atoms with Crippen molar-refractivity contribution in [3.63, 3.8) is 0 Å². The van der Waals surface area contributed by atoms with E-state index >= 15 is 0 Å². The van der Waals surface area contributed by atoms with Gasteiger partial charge in [0.2, 0.25) is 11.9 Å². The molecule has 1 atom stereocenters. The Kier molecular flexibility index (Phi) is 6.08. The van der Waals surface area contributed by atoms with Crippen molar-refractivity contribution in [3.05, 3.63) is 18.0 Å². The molecule has 0 saturated heterocycles. The minimum atomic E-state index is -0.106. The minimum absolute atomic E-state index is 0.0212. The fourth-order valence-corrected chi connectivity index (χ4v) is 1.83. The molecular weight excluding hydrogens is 266 g/mol. The van der Waals surface area contributed by atoms with E-state index in [2.05, 4.69) is 41.4 Å². The number of carbonyl (C=O) groups excluding carboxylic acids is 1. The summed E-state index contributed by atoms with van der Waals surface area (Å²) in [4.78, 5) is 22.1. The van der Waals surface area contributed by atoms with Gasteiger partial charge in [0, 0.05) is 50.7 Å². The van der Waals surface area contributed by atoms with Gasteiger partial charge in [-0.2, -0.15) is 0 Å². The molecule has 0 aliphatic heterocycles. The molecule has 0 spiro atoms. The molecule has 0 aliphatic carbocycles. The predicted octanol–water partition coefficient (Wildman–Crippen LogP) is 1.18. The molecule has 1 heterocycles. The predicted molar refractivity (Wildman–Crippen MR) is 85.1 cm³/mol. The Hall–Kier alpha value is -1.69. The monoisotopic (exact) mass is 293 g/mol. The van der Waals surface area contributed by atoms with Gasteiger partial charge in [-0.1, -0.05) is 6.92 Å². The molecule has 0 saturated carbocycles. The van der Waals surface area contributed by atoms with Gasteiger partial charge in [0.15, 0.2) is 0 Å². The highest BCUT2D eigenvalue weighted by Gasteiger charge is 2.15. The van der Waals surface area contributed by atoms with Crippen LogP contribution < -0.4 is 15.5 Å². The molecule has 1 rings (SSSR count). The van der Waals surface area contributed by atoms with Crippen molar-refractivity contribution in [2.75, 3.05) is 25.5 Å². The number of aromatic nitrogens is 2. The third-order valence-corrected chi connectivity index (χ3v) is 3.10. The van der Waals surface area contributed by atoms with E-state index in [1.54, 1.807) is 7.05 Å². The number of carbonyl (C=O) groups is 1. The molecule has 1 amide bonds. The number of rotatable bonds is 6. The van der Waals surface area contributed by atoms with Crippen LogP contribution in [-0.4, -0.2) is 42.1 Å². The van der Waals surface area contributed by atoms with E-state index in [-0.39, 0.29) is 17.4 Å². The molecule has 1 unspecified atom stereocenters. The largest absolute Gasteiger partial charge is 0.359 e. The minimum Gasteiger partial charge on any atom is -0.359 e. The summed E-state index contributed by atoms with van der Waals surface area (Å²) in [6.07, 6.45) is 3.64. The van der Waals surface area contributed by atoms with Crippen LogP contribution in [0.4, 0.5) is 5.95 Å². The summed E-state index contributed by atoms with van der Waals surface area (Å²) in [5.74, 6) is 0.545. The second kappa shape index (κ2) is 7.36. The SMILES string of the molecule is CNC(=O)C(C)CN(C)c1ncc(CNC(C)(C)C)cn1. The first-order chi connectivity index (χ1) is 9.73. The normalized spacial score (nSPS) is 12.9. The molecule has 0 bridgehead atoms. The summed E-state index contributed by atoms with van der Waals surface area (Å²) in [7, 11) is 3.54. The van der Waals surface area contributed by atoms with Crippen LogP contribution in [0.2, 0.25) is 0 Å². The lowest BCUT2D eigenvalue weighted by atomic mass is 10.1. The van der Waals surface area contributed by atoms with Crippen molar-refractivity contribution in [1.29, 1.82) is 0 Å². The zero-order valence-corrected chi connectivity index (χ0v) is 13.9. The van der Waals surface area contributed by atoms with Crippen LogP contribution in [0.1, 0.15) is 33.3 Å².